The Balaban J connectivity index is 1.96. The number of nitrogens with zero attached hydrogens (tertiary/aromatic N) is 1. The zero-order chi connectivity index (χ0) is 13.9. The summed E-state index contributed by atoms with van der Waals surface area (Å²) < 4.78 is 0. The molecule has 98 valence electrons. The Kier molecular flexibility index (Phi) is 3.65. The average molecular weight is 281 g/mol. The van der Waals surface area contributed by atoms with E-state index in [0.29, 0.717) is 5.46 Å². The Morgan fingerprint density at radius 3 is 2.40 bits per heavy atom. The molecule has 0 radical (unpaired) electrons. The highest BCUT2D eigenvalue weighted by Gasteiger charge is 2.13. The fraction of sp³-hybridized carbons (Fsp3) is 0. The minimum atomic E-state index is -1.46. The smallest absolute Gasteiger partial charge is 0.423 e. The van der Waals surface area contributed by atoms with Crippen LogP contribution in [0.25, 0.3) is 21.8 Å². The average Bonchev–Trinajstić information content (AvgIpc) is 2.98. The molecule has 0 fully saturated rings. The molecular formula is C15H12BNO2S. The zero-order valence-corrected chi connectivity index (χ0v) is 11.4. The van der Waals surface area contributed by atoms with Crippen molar-refractivity contribution in [2.24, 2.45) is 0 Å². The van der Waals surface area contributed by atoms with Crippen molar-refractivity contribution in [3.05, 3.63) is 60.0 Å². The second-order valence-corrected chi connectivity index (χ2v) is 5.26. The van der Waals surface area contributed by atoms with Crippen molar-refractivity contribution in [1.82, 2.24) is 4.98 Å². The van der Waals surface area contributed by atoms with E-state index in [0.717, 1.165) is 21.8 Å². The highest BCUT2D eigenvalue weighted by atomic mass is 32.1. The molecule has 20 heavy (non-hydrogen) atoms. The maximum Gasteiger partial charge on any atom is 0.488 e. The van der Waals surface area contributed by atoms with Gasteiger partial charge in [-0.2, -0.15) is 0 Å². The number of hydrogen-bond donors (Lipinski definition) is 2. The summed E-state index contributed by atoms with van der Waals surface area (Å²) in [6.45, 7) is 0. The summed E-state index contributed by atoms with van der Waals surface area (Å²) in [6, 6.07) is 17.1. The van der Waals surface area contributed by atoms with Crippen molar-refractivity contribution in [2.75, 3.05) is 0 Å². The van der Waals surface area contributed by atoms with Gasteiger partial charge in [-0.3, -0.25) is 0 Å². The van der Waals surface area contributed by atoms with Gasteiger partial charge in [0, 0.05) is 16.5 Å². The second kappa shape index (κ2) is 5.59. The number of aromatic nitrogens is 1. The van der Waals surface area contributed by atoms with E-state index in [9.17, 15) is 10.0 Å². The molecule has 0 atom stereocenters. The van der Waals surface area contributed by atoms with Crippen LogP contribution in [0.1, 0.15) is 0 Å². The van der Waals surface area contributed by atoms with E-state index in [1.165, 1.54) is 0 Å². The molecule has 3 rings (SSSR count). The van der Waals surface area contributed by atoms with Crippen LogP contribution in [0.2, 0.25) is 0 Å². The van der Waals surface area contributed by atoms with Crippen LogP contribution in [0.5, 0.6) is 0 Å². The molecule has 3 aromatic rings. The minimum absolute atomic E-state index is 0.471. The third-order valence-electron chi connectivity index (χ3n) is 3.01. The summed E-state index contributed by atoms with van der Waals surface area (Å²) in [5.41, 5.74) is 3.37. The van der Waals surface area contributed by atoms with Crippen molar-refractivity contribution >= 4 is 23.9 Å². The molecule has 0 saturated carbocycles. The van der Waals surface area contributed by atoms with Gasteiger partial charge in [0.2, 0.25) is 0 Å². The van der Waals surface area contributed by atoms with Gasteiger partial charge in [-0.1, -0.05) is 54.6 Å². The summed E-state index contributed by atoms with van der Waals surface area (Å²) in [5, 5.41) is 21.3. The van der Waals surface area contributed by atoms with Gasteiger partial charge in [0.15, 0.2) is 0 Å². The lowest BCUT2D eigenvalue weighted by Crippen LogP contribution is -2.29. The molecule has 1 heterocycles. The van der Waals surface area contributed by atoms with Gasteiger partial charge in [-0.05, 0) is 5.46 Å². The van der Waals surface area contributed by atoms with E-state index in [4.69, 9.17) is 0 Å². The van der Waals surface area contributed by atoms with Crippen LogP contribution in [0.15, 0.2) is 60.0 Å². The van der Waals surface area contributed by atoms with Gasteiger partial charge in [0.25, 0.3) is 0 Å². The highest BCUT2D eigenvalue weighted by molar-refractivity contribution is 7.13. The van der Waals surface area contributed by atoms with Gasteiger partial charge in [-0.15, -0.1) is 11.3 Å². The summed E-state index contributed by atoms with van der Waals surface area (Å²) in [7, 11) is -1.46. The molecule has 2 N–H and O–H groups in total. The fourth-order valence-electron chi connectivity index (χ4n) is 1.98. The zero-order valence-electron chi connectivity index (χ0n) is 10.6. The Bertz CT molecular complexity index is 713. The third kappa shape index (κ3) is 2.65. The molecule has 0 bridgehead atoms. The third-order valence-corrected chi connectivity index (χ3v) is 3.90. The maximum absolute atomic E-state index is 9.22. The van der Waals surface area contributed by atoms with E-state index in [2.05, 4.69) is 4.98 Å². The molecule has 1 aromatic heterocycles. The van der Waals surface area contributed by atoms with Crippen LogP contribution in [0.3, 0.4) is 0 Å². The number of hydrogen-bond acceptors (Lipinski definition) is 4. The standard InChI is InChI=1S/C15H12BNO2S/c18-16(19)13-8-4-7-12(9-13)15-17-14(10-20-15)11-5-2-1-3-6-11/h1-10,18-19H. The van der Waals surface area contributed by atoms with E-state index in [1.807, 2.05) is 41.8 Å². The van der Waals surface area contributed by atoms with Crippen molar-refractivity contribution in [1.29, 1.82) is 0 Å². The predicted molar refractivity (Wildman–Crippen MR) is 82.8 cm³/mol. The summed E-state index contributed by atoms with van der Waals surface area (Å²) in [5.74, 6) is 0. The summed E-state index contributed by atoms with van der Waals surface area (Å²) in [4.78, 5) is 4.61. The molecule has 3 nitrogen and oxygen atoms in total. The van der Waals surface area contributed by atoms with Gasteiger partial charge >= 0.3 is 7.12 Å². The van der Waals surface area contributed by atoms with E-state index in [1.54, 1.807) is 29.5 Å². The fourth-order valence-corrected chi connectivity index (χ4v) is 2.81. The first-order chi connectivity index (χ1) is 9.74. The van der Waals surface area contributed by atoms with Crippen LogP contribution in [-0.4, -0.2) is 22.2 Å². The minimum Gasteiger partial charge on any atom is -0.423 e. The summed E-state index contributed by atoms with van der Waals surface area (Å²) in [6.07, 6.45) is 0. The largest absolute Gasteiger partial charge is 0.488 e. The van der Waals surface area contributed by atoms with Gasteiger partial charge in [0.05, 0.1) is 5.69 Å². The van der Waals surface area contributed by atoms with Crippen molar-refractivity contribution in [3.8, 4) is 21.8 Å². The number of thiazole rings is 1. The SMILES string of the molecule is OB(O)c1cccc(-c2nc(-c3ccccc3)cs2)c1. The molecule has 0 amide bonds. The first-order valence-electron chi connectivity index (χ1n) is 6.21. The molecule has 5 heteroatoms. The van der Waals surface area contributed by atoms with Crippen LogP contribution >= 0.6 is 11.3 Å². The molecule has 0 saturated heterocycles. The van der Waals surface area contributed by atoms with Crippen molar-refractivity contribution in [3.63, 3.8) is 0 Å². The van der Waals surface area contributed by atoms with Crippen molar-refractivity contribution in [2.45, 2.75) is 0 Å². The Morgan fingerprint density at radius 2 is 1.65 bits per heavy atom. The van der Waals surface area contributed by atoms with E-state index >= 15 is 0 Å². The van der Waals surface area contributed by atoms with Crippen LogP contribution in [-0.2, 0) is 0 Å². The van der Waals surface area contributed by atoms with Crippen LogP contribution < -0.4 is 5.46 Å². The topological polar surface area (TPSA) is 53.4 Å². The van der Waals surface area contributed by atoms with Gasteiger partial charge < -0.3 is 10.0 Å². The number of rotatable bonds is 3. The Hall–Kier alpha value is -1.95. The highest BCUT2D eigenvalue weighted by Crippen LogP contribution is 2.28. The first kappa shape index (κ1) is 13.1. The van der Waals surface area contributed by atoms with Gasteiger partial charge in [0.1, 0.15) is 5.01 Å². The maximum atomic E-state index is 9.22. The molecule has 2 aromatic carbocycles. The molecule has 0 aliphatic carbocycles. The monoisotopic (exact) mass is 281 g/mol. The lowest BCUT2D eigenvalue weighted by molar-refractivity contribution is 0.426. The lowest BCUT2D eigenvalue weighted by atomic mass is 9.80. The quantitative estimate of drug-likeness (QED) is 0.723. The van der Waals surface area contributed by atoms with Gasteiger partial charge in [-0.25, -0.2) is 4.98 Å². The number of benzene rings is 2. The second-order valence-electron chi connectivity index (χ2n) is 4.40. The van der Waals surface area contributed by atoms with E-state index in [-0.39, 0.29) is 0 Å². The molecule has 0 aliphatic heterocycles. The molecule has 0 unspecified atom stereocenters. The molecular weight excluding hydrogens is 269 g/mol. The molecule has 0 aliphatic rings. The summed E-state index contributed by atoms with van der Waals surface area (Å²) >= 11 is 1.54. The normalized spacial score (nSPS) is 10.5. The van der Waals surface area contributed by atoms with Crippen molar-refractivity contribution < 1.29 is 10.0 Å². The Morgan fingerprint density at radius 1 is 0.900 bits per heavy atom. The predicted octanol–water partition coefficient (Wildman–Crippen LogP) is 2.16. The van der Waals surface area contributed by atoms with Crippen LogP contribution in [0.4, 0.5) is 0 Å². The lowest BCUT2D eigenvalue weighted by Gasteiger charge is -2.01. The van der Waals surface area contributed by atoms with Crippen LogP contribution in [0, 0.1) is 0 Å². The Labute approximate surface area is 121 Å². The first-order valence-corrected chi connectivity index (χ1v) is 7.09. The van der Waals surface area contributed by atoms with E-state index < -0.39 is 7.12 Å². The molecule has 0 spiro atoms.